The van der Waals surface area contributed by atoms with Crippen LogP contribution in [0.15, 0.2) is 35.7 Å². The number of aromatic nitrogens is 2. The highest BCUT2D eigenvalue weighted by atomic mass is 32.1. The topological polar surface area (TPSA) is 69.8 Å². The summed E-state index contributed by atoms with van der Waals surface area (Å²) in [6.07, 6.45) is 7.07. The van der Waals surface area contributed by atoms with E-state index in [1.807, 2.05) is 30.3 Å². The maximum Gasteiger partial charge on any atom is 0.286 e. The highest BCUT2D eigenvalue weighted by molar-refractivity contribution is 7.13. The number of para-hydroxylation sites is 1. The molecule has 4 bridgehead atoms. The van der Waals surface area contributed by atoms with Gasteiger partial charge in [0.2, 0.25) is 5.13 Å². The summed E-state index contributed by atoms with van der Waals surface area (Å²) in [5.41, 5.74) is 8.55. The highest BCUT2D eigenvalue weighted by Gasteiger charge is 2.49. The van der Waals surface area contributed by atoms with Crippen LogP contribution in [0.2, 0.25) is 0 Å². The summed E-state index contributed by atoms with van der Waals surface area (Å²) in [4.78, 5) is 20.5. The number of carbonyl (C=O) groups is 1. The molecule has 0 unspecified atom stereocenters. The molecule has 0 radical (unpaired) electrons. The molecule has 6 heteroatoms. The third-order valence-electron chi connectivity index (χ3n) is 7.15. The first-order valence-corrected chi connectivity index (χ1v) is 11.2. The lowest BCUT2D eigenvalue weighted by molar-refractivity contribution is -0.00393. The molecule has 4 aliphatic rings. The van der Waals surface area contributed by atoms with E-state index in [2.05, 4.69) is 21.2 Å². The van der Waals surface area contributed by atoms with Crippen molar-refractivity contribution >= 4 is 33.3 Å². The Morgan fingerprint density at radius 2 is 1.82 bits per heavy atom. The molecule has 2 aromatic heterocycles. The number of aromatic amines is 1. The van der Waals surface area contributed by atoms with Crippen LogP contribution in [0.1, 0.15) is 54.2 Å². The van der Waals surface area contributed by atoms with Gasteiger partial charge in [-0.05, 0) is 67.9 Å². The van der Waals surface area contributed by atoms with Crippen molar-refractivity contribution in [1.29, 1.82) is 0 Å². The Balaban J connectivity index is 1.14. The average molecular weight is 393 g/mol. The fourth-order valence-corrected chi connectivity index (χ4v) is 6.99. The molecule has 4 fully saturated rings. The van der Waals surface area contributed by atoms with Crippen molar-refractivity contribution in [2.24, 2.45) is 23.7 Å². The number of amides is 1. The molecule has 1 aromatic carbocycles. The molecular weight excluding hydrogens is 368 g/mol. The number of hydrogen-bond acceptors (Lipinski definition) is 4. The van der Waals surface area contributed by atoms with Crippen molar-refractivity contribution in [3.05, 3.63) is 47.1 Å². The van der Waals surface area contributed by atoms with Gasteiger partial charge in [0.25, 0.3) is 5.91 Å². The first-order chi connectivity index (χ1) is 13.7. The third kappa shape index (κ3) is 2.73. The fraction of sp³-hybridized carbons (Fsp3) is 0.455. The normalized spacial score (nSPS) is 30.6. The lowest BCUT2D eigenvalue weighted by atomic mass is 9.51. The molecule has 0 atom stereocenters. The molecule has 144 valence electrons. The third-order valence-corrected chi connectivity index (χ3v) is 7.92. The number of fused-ring (bicyclic) bond motifs is 1. The van der Waals surface area contributed by atoms with E-state index in [1.165, 1.54) is 37.8 Å². The van der Waals surface area contributed by atoms with Gasteiger partial charge >= 0.3 is 0 Å². The van der Waals surface area contributed by atoms with Gasteiger partial charge in [0, 0.05) is 22.2 Å². The van der Waals surface area contributed by atoms with E-state index in [0.29, 0.717) is 11.6 Å². The van der Waals surface area contributed by atoms with Crippen molar-refractivity contribution in [3.63, 3.8) is 0 Å². The molecule has 0 saturated heterocycles. The number of nitrogens with zero attached hydrogens (tertiary/aromatic N) is 1. The SMILES string of the molecule is O=C(NNc1nc(C2C3CC4CC(C3)CC2C4)cs1)c1cc2ccccc2[nH]1. The van der Waals surface area contributed by atoms with Crippen molar-refractivity contribution in [3.8, 4) is 0 Å². The first-order valence-electron chi connectivity index (χ1n) is 10.3. The lowest BCUT2D eigenvalue weighted by Gasteiger charge is -2.54. The zero-order chi connectivity index (χ0) is 18.7. The van der Waals surface area contributed by atoms with Crippen molar-refractivity contribution in [1.82, 2.24) is 15.4 Å². The number of carbonyl (C=O) groups excluding carboxylic acids is 1. The van der Waals surface area contributed by atoms with Crippen LogP contribution in [0.3, 0.4) is 0 Å². The van der Waals surface area contributed by atoms with Crippen LogP contribution in [0.5, 0.6) is 0 Å². The van der Waals surface area contributed by atoms with Gasteiger partial charge in [-0.1, -0.05) is 18.2 Å². The Labute approximate surface area is 167 Å². The Bertz CT molecular complexity index is 977. The fourth-order valence-electron chi connectivity index (χ4n) is 6.28. The lowest BCUT2D eigenvalue weighted by Crippen LogP contribution is -2.43. The number of nitrogens with one attached hydrogen (secondary N) is 3. The maximum absolute atomic E-state index is 12.5. The van der Waals surface area contributed by atoms with E-state index >= 15 is 0 Å². The molecule has 4 aliphatic carbocycles. The van der Waals surface area contributed by atoms with Crippen molar-refractivity contribution in [2.75, 3.05) is 5.43 Å². The van der Waals surface area contributed by atoms with Crippen LogP contribution < -0.4 is 10.9 Å². The number of rotatable bonds is 4. The summed E-state index contributed by atoms with van der Waals surface area (Å²) >= 11 is 1.59. The van der Waals surface area contributed by atoms with E-state index in [-0.39, 0.29) is 5.91 Å². The molecule has 2 heterocycles. The summed E-state index contributed by atoms with van der Waals surface area (Å²) in [5.74, 6) is 4.06. The van der Waals surface area contributed by atoms with Crippen molar-refractivity contribution < 1.29 is 4.79 Å². The zero-order valence-electron chi connectivity index (χ0n) is 15.7. The maximum atomic E-state index is 12.5. The van der Waals surface area contributed by atoms with Gasteiger partial charge in [0.05, 0.1) is 5.69 Å². The van der Waals surface area contributed by atoms with E-state index in [1.54, 1.807) is 11.3 Å². The molecule has 3 aromatic rings. The summed E-state index contributed by atoms with van der Waals surface area (Å²) in [5, 5.41) is 4.00. The summed E-state index contributed by atoms with van der Waals surface area (Å²) < 4.78 is 0. The second-order valence-corrected chi connectivity index (χ2v) is 9.74. The summed E-state index contributed by atoms with van der Waals surface area (Å²) in [6.45, 7) is 0. The Morgan fingerprint density at radius 1 is 1.07 bits per heavy atom. The van der Waals surface area contributed by atoms with Crippen LogP contribution >= 0.6 is 11.3 Å². The van der Waals surface area contributed by atoms with Gasteiger partial charge in [0.15, 0.2) is 0 Å². The molecule has 3 N–H and O–H groups in total. The molecular formula is C22H24N4OS. The van der Waals surface area contributed by atoms with Crippen LogP contribution in [-0.4, -0.2) is 15.9 Å². The monoisotopic (exact) mass is 392 g/mol. The number of hydrogen-bond donors (Lipinski definition) is 3. The Kier molecular flexibility index (Phi) is 3.76. The minimum absolute atomic E-state index is 0.178. The minimum Gasteiger partial charge on any atom is -0.350 e. The second kappa shape index (κ2) is 6.34. The largest absolute Gasteiger partial charge is 0.350 e. The van der Waals surface area contributed by atoms with Gasteiger partial charge in [-0.25, -0.2) is 4.98 Å². The molecule has 0 spiro atoms. The van der Waals surface area contributed by atoms with E-state index in [0.717, 1.165) is 39.7 Å². The second-order valence-electron chi connectivity index (χ2n) is 8.88. The number of H-pyrrole nitrogens is 1. The molecule has 7 rings (SSSR count). The van der Waals surface area contributed by atoms with Gasteiger partial charge in [0.1, 0.15) is 5.69 Å². The standard InChI is InChI=1S/C22H24N4OS/c27-21(18-10-14-3-1-2-4-17(14)23-18)25-26-22-24-19(11-28-22)20-15-6-12-5-13(8-15)9-16(20)7-12/h1-4,10-13,15-16,20,23H,5-9H2,(H,24,26)(H,25,27). The smallest absolute Gasteiger partial charge is 0.286 e. The molecule has 28 heavy (non-hydrogen) atoms. The van der Waals surface area contributed by atoms with Gasteiger partial charge in [-0.3, -0.25) is 15.6 Å². The van der Waals surface area contributed by atoms with Crippen LogP contribution in [0.4, 0.5) is 5.13 Å². The summed E-state index contributed by atoms with van der Waals surface area (Å²) in [7, 11) is 0. The zero-order valence-corrected chi connectivity index (χ0v) is 16.5. The van der Waals surface area contributed by atoms with Crippen molar-refractivity contribution in [2.45, 2.75) is 38.0 Å². The van der Waals surface area contributed by atoms with Crippen LogP contribution in [0, 0.1) is 23.7 Å². The van der Waals surface area contributed by atoms with Gasteiger partial charge in [-0.2, -0.15) is 0 Å². The average Bonchev–Trinajstić information content (AvgIpc) is 3.32. The van der Waals surface area contributed by atoms with Crippen LogP contribution in [-0.2, 0) is 0 Å². The molecule has 1 amide bonds. The van der Waals surface area contributed by atoms with E-state index in [9.17, 15) is 4.79 Å². The number of anilines is 1. The summed E-state index contributed by atoms with van der Waals surface area (Å²) in [6, 6.07) is 9.76. The number of benzene rings is 1. The predicted octanol–water partition coefficient (Wildman–Crippen LogP) is 4.92. The predicted molar refractivity (Wildman–Crippen MR) is 111 cm³/mol. The number of hydrazine groups is 1. The Morgan fingerprint density at radius 3 is 2.57 bits per heavy atom. The quantitative estimate of drug-likeness (QED) is 0.552. The minimum atomic E-state index is -0.178. The number of thiazole rings is 1. The molecule has 0 aliphatic heterocycles. The Hall–Kier alpha value is -2.34. The first kappa shape index (κ1) is 16.6. The molecule has 5 nitrogen and oxygen atoms in total. The van der Waals surface area contributed by atoms with Crippen LogP contribution in [0.25, 0.3) is 10.9 Å². The highest BCUT2D eigenvalue weighted by Crippen LogP contribution is 2.59. The van der Waals surface area contributed by atoms with Gasteiger partial charge in [-0.15, -0.1) is 11.3 Å². The van der Waals surface area contributed by atoms with E-state index < -0.39 is 0 Å². The van der Waals surface area contributed by atoms with E-state index in [4.69, 9.17) is 4.98 Å². The van der Waals surface area contributed by atoms with Gasteiger partial charge < -0.3 is 4.98 Å². The molecule has 4 saturated carbocycles.